The van der Waals surface area contributed by atoms with Gasteiger partial charge in [0.1, 0.15) is 0 Å². The van der Waals surface area contributed by atoms with E-state index in [9.17, 15) is 4.79 Å². The van der Waals surface area contributed by atoms with Crippen molar-refractivity contribution in [1.82, 2.24) is 19.9 Å². The van der Waals surface area contributed by atoms with Gasteiger partial charge in [-0.15, -0.1) is 21.5 Å². The Bertz CT molecular complexity index is 776. The molecule has 0 radical (unpaired) electrons. The number of aromatic nitrogens is 3. The lowest BCUT2D eigenvalue weighted by molar-refractivity contribution is -0.117. The highest BCUT2D eigenvalue weighted by molar-refractivity contribution is 7.10. The quantitative estimate of drug-likeness (QED) is 0.753. The van der Waals surface area contributed by atoms with Crippen molar-refractivity contribution < 1.29 is 4.79 Å². The summed E-state index contributed by atoms with van der Waals surface area (Å²) in [6.45, 7) is 1.89. The van der Waals surface area contributed by atoms with Gasteiger partial charge in [0.15, 0.2) is 11.5 Å². The van der Waals surface area contributed by atoms with Gasteiger partial charge in [0.25, 0.3) is 0 Å². The van der Waals surface area contributed by atoms with E-state index in [2.05, 4.69) is 15.5 Å². The molecule has 0 unspecified atom stereocenters. The molecule has 6 heteroatoms. The van der Waals surface area contributed by atoms with Gasteiger partial charge in [-0.05, 0) is 36.6 Å². The summed E-state index contributed by atoms with van der Waals surface area (Å²) in [6.07, 6.45) is 5.22. The Morgan fingerprint density at radius 3 is 3.05 bits per heavy atom. The summed E-state index contributed by atoms with van der Waals surface area (Å²) in [6, 6.07) is 9.38. The normalized spacial score (nSPS) is 12.8. The van der Waals surface area contributed by atoms with Crippen LogP contribution in [0.4, 0.5) is 0 Å². The van der Waals surface area contributed by atoms with Crippen molar-refractivity contribution in [2.75, 3.05) is 0 Å². The molecule has 1 N–H and O–H groups in total. The molecule has 5 nitrogen and oxygen atoms in total. The van der Waals surface area contributed by atoms with E-state index in [4.69, 9.17) is 0 Å². The first-order valence-corrected chi connectivity index (χ1v) is 7.44. The van der Waals surface area contributed by atoms with E-state index >= 15 is 0 Å². The molecule has 0 saturated heterocycles. The monoisotopic (exact) mass is 298 g/mol. The predicted octanol–water partition coefficient (Wildman–Crippen LogP) is 2.68. The lowest BCUT2D eigenvalue weighted by Gasteiger charge is -2.10. The summed E-state index contributed by atoms with van der Waals surface area (Å²) in [7, 11) is 0. The zero-order valence-electron chi connectivity index (χ0n) is 11.4. The largest absolute Gasteiger partial charge is 0.343 e. The van der Waals surface area contributed by atoms with E-state index in [1.54, 1.807) is 17.4 Å². The summed E-state index contributed by atoms with van der Waals surface area (Å²) in [5.74, 6) is 0.562. The second-order valence-electron chi connectivity index (χ2n) is 4.57. The average molecular weight is 298 g/mol. The highest BCUT2D eigenvalue weighted by atomic mass is 32.1. The van der Waals surface area contributed by atoms with E-state index in [-0.39, 0.29) is 11.9 Å². The fourth-order valence-electron chi connectivity index (χ4n) is 2.03. The smallest absolute Gasteiger partial charge is 0.244 e. The van der Waals surface area contributed by atoms with E-state index in [0.29, 0.717) is 5.82 Å². The molecule has 3 heterocycles. The van der Waals surface area contributed by atoms with Crippen molar-refractivity contribution in [3.05, 3.63) is 58.7 Å². The van der Waals surface area contributed by atoms with Gasteiger partial charge in [-0.3, -0.25) is 9.20 Å². The standard InChI is InChI=1S/C15H14N4OS/c1-11(15-18-17-13-6-2-3-9-19(13)15)16-14(20)8-7-12-5-4-10-21-12/h2-11H,1H3,(H,16,20)/b8-7+/t11-/m0/s1. The van der Waals surface area contributed by atoms with Crippen LogP contribution in [0.15, 0.2) is 48.0 Å². The topological polar surface area (TPSA) is 59.3 Å². The van der Waals surface area contributed by atoms with E-state index in [1.807, 2.05) is 53.2 Å². The third kappa shape index (κ3) is 3.00. The molecular weight excluding hydrogens is 284 g/mol. The van der Waals surface area contributed by atoms with E-state index < -0.39 is 0 Å². The number of hydrogen-bond donors (Lipinski definition) is 1. The maximum absolute atomic E-state index is 11.9. The van der Waals surface area contributed by atoms with Crippen LogP contribution >= 0.6 is 11.3 Å². The van der Waals surface area contributed by atoms with Crippen LogP contribution in [0.3, 0.4) is 0 Å². The van der Waals surface area contributed by atoms with Crippen molar-refractivity contribution in [1.29, 1.82) is 0 Å². The lowest BCUT2D eigenvalue weighted by atomic mass is 10.3. The van der Waals surface area contributed by atoms with Gasteiger partial charge in [0.2, 0.25) is 5.91 Å². The number of carbonyl (C=O) groups excluding carboxylic acids is 1. The second-order valence-corrected chi connectivity index (χ2v) is 5.55. The Morgan fingerprint density at radius 2 is 2.24 bits per heavy atom. The van der Waals surface area contributed by atoms with Crippen molar-refractivity contribution in [3.63, 3.8) is 0 Å². The summed E-state index contributed by atoms with van der Waals surface area (Å²) in [5.41, 5.74) is 0.766. The molecule has 3 rings (SSSR count). The van der Waals surface area contributed by atoms with Crippen LogP contribution < -0.4 is 5.32 Å². The first-order chi connectivity index (χ1) is 10.2. The number of nitrogens with one attached hydrogen (secondary N) is 1. The molecule has 0 aliphatic carbocycles. The van der Waals surface area contributed by atoms with Gasteiger partial charge < -0.3 is 5.32 Å². The van der Waals surface area contributed by atoms with Crippen LogP contribution in [0.5, 0.6) is 0 Å². The molecule has 1 atom stereocenters. The molecular formula is C15H14N4OS. The average Bonchev–Trinajstić information content (AvgIpc) is 3.14. The van der Waals surface area contributed by atoms with Crippen LogP contribution in [0.2, 0.25) is 0 Å². The van der Waals surface area contributed by atoms with Crippen LogP contribution in [0.1, 0.15) is 23.7 Å². The molecule has 0 aromatic carbocycles. The summed E-state index contributed by atoms with van der Waals surface area (Å²) < 4.78 is 1.87. The van der Waals surface area contributed by atoms with Crippen molar-refractivity contribution in [2.45, 2.75) is 13.0 Å². The minimum Gasteiger partial charge on any atom is -0.343 e. The summed E-state index contributed by atoms with van der Waals surface area (Å²) in [4.78, 5) is 13.0. The Hall–Kier alpha value is -2.47. The van der Waals surface area contributed by atoms with Gasteiger partial charge in [-0.25, -0.2) is 0 Å². The van der Waals surface area contributed by atoms with Crippen LogP contribution in [0, 0.1) is 0 Å². The summed E-state index contributed by atoms with van der Waals surface area (Å²) >= 11 is 1.59. The molecule has 1 amide bonds. The minimum absolute atomic E-state index is 0.149. The molecule has 3 aromatic rings. The molecule has 0 aliphatic rings. The number of carbonyl (C=O) groups is 1. The van der Waals surface area contributed by atoms with Crippen LogP contribution in [-0.2, 0) is 4.79 Å². The molecule has 0 saturated carbocycles. The van der Waals surface area contributed by atoms with Crippen molar-refractivity contribution in [3.8, 4) is 0 Å². The second kappa shape index (κ2) is 5.88. The molecule has 3 aromatic heterocycles. The van der Waals surface area contributed by atoms with Gasteiger partial charge in [-0.2, -0.15) is 0 Å². The zero-order chi connectivity index (χ0) is 14.7. The molecule has 0 fully saturated rings. The molecule has 0 spiro atoms. The molecule has 0 bridgehead atoms. The fourth-order valence-corrected chi connectivity index (χ4v) is 2.64. The van der Waals surface area contributed by atoms with Gasteiger partial charge in [0.05, 0.1) is 6.04 Å². The number of fused-ring (bicyclic) bond motifs is 1. The number of thiophene rings is 1. The number of hydrogen-bond acceptors (Lipinski definition) is 4. The van der Waals surface area contributed by atoms with E-state index in [0.717, 1.165) is 10.5 Å². The Labute approximate surface area is 126 Å². The third-order valence-electron chi connectivity index (χ3n) is 3.03. The molecule has 0 aliphatic heterocycles. The number of amides is 1. The highest BCUT2D eigenvalue weighted by Crippen LogP contribution is 2.12. The molecule has 106 valence electrons. The fraction of sp³-hybridized carbons (Fsp3) is 0.133. The number of pyridine rings is 1. The third-order valence-corrected chi connectivity index (χ3v) is 3.87. The van der Waals surface area contributed by atoms with Crippen molar-refractivity contribution in [2.24, 2.45) is 0 Å². The Kier molecular flexibility index (Phi) is 3.79. The number of nitrogens with zero attached hydrogens (tertiary/aromatic N) is 3. The molecule has 21 heavy (non-hydrogen) atoms. The van der Waals surface area contributed by atoms with Crippen molar-refractivity contribution >= 4 is 29.0 Å². The van der Waals surface area contributed by atoms with Crippen LogP contribution in [-0.4, -0.2) is 20.5 Å². The van der Waals surface area contributed by atoms with Gasteiger partial charge >= 0.3 is 0 Å². The highest BCUT2D eigenvalue weighted by Gasteiger charge is 2.14. The first kappa shape index (κ1) is 13.5. The number of rotatable bonds is 4. The minimum atomic E-state index is -0.220. The summed E-state index contributed by atoms with van der Waals surface area (Å²) in [5, 5.41) is 13.1. The maximum Gasteiger partial charge on any atom is 0.244 e. The zero-order valence-corrected chi connectivity index (χ0v) is 12.2. The van der Waals surface area contributed by atoms with E-state index in [1.165, 1.54) is 6.08 Å². The van der Waals surface area contributed by atoms with Gasteiger partial charge in [-0.1, -0.05) is 12.1 Å². The Balaban J connectivity index is 1.71. The SMILES string of the molecule is C[C@H](NC(=O)/C=C/c1cccs1)c1nnc2ccccn12. The first-order valence-electron chi connectivity index (χ1n) is 6.56. The van der Waals surface area contributed by atoms with Gasteiger partial charge in [0, 0.05) is 17.2 Å². The maximum atomic E-state index is 11.9. The Morgan fingerprint density at radius 1 is 1.33 bits per heavy atom. The predicted molar refractivity (Wildman–Crippen MR) is 82.9 cm³/mol. The van der Waals surface area contributed by atoms with Crippen LogP contribution in [0.25, 0.3) is 11.7 Å². The lowest BCUT2D eigenvalue weighted by Crippen LogP contribution is -2.26.